The molecule has 7 heteroatoms. The number of nitrogens with one attached hydrogen (secondary N) is 2. The third-order valence-corrected chi connectivity index (χ3v) is 5.41. The molecule has 7 nitrogen and oxygen atoms in total. The Labute approximate surface area is 174 Å². The fourth-order valence-corrected chi connectivity index (χ4v) is 3.73. The van der Waals surface area contributed by atoms with E-state index in [-0.39, 0.29) is 18.9 Å². The molecule has 1 aliphatic rings. The molecule has 1 aromatic heterocycles. The van der Waals surface area contributed by atoms with E-state index in [9.17, 15) is 9.59 Å². The molecule has 30 heavy (non-hydrogen) atoms. The Morgan fingerprint density at radius 1 is 1.23 bits per heavy atom. The van der Waals surface area contributed by atoms with E-state index >= 15 is 0 Å². The summed E-state index contributed by atoms with van der Waals surface area (Å²) in [7, 11) is 0. The van der Waals surface area contributed by atoms with E-state index in [0.717, 1.165) is 33.5 Å². The number of fused-ring (bicyclic) bond motifs is 3. The fraction of sp³-hybridized carbons (Fsp3) is 0.304. The van der Waals surface area contributed by atoms with Gasteiger partial charge in [-0.25, -0.2) is 0 Å². The molecular weight excluding hydrogens is 382 g/mol. The number of carboxylic acids is 1. The number of nitrogens with zero attached hydrogens (tertiary/aromatic N) is 1. The lowest BCUT2D eigenvalue weighted by Crippen LogP contribution is -2.46. The summed E-state index contributed by atoms with van der Waals surface area (Å²) in [6.45, 7) is 2.96. The molecule has 0 spiro atoms. The lowest BCUT2D eigenvalue weighted by molar-refractivity contribution is -0.139. The second kappa shape index (κ2) is 8.59. The van der Waals surface area contributed by atoms with E-state index in [1.54, 1.807) is 4.90 Å². The summed E-state index contributed by atoms with van der Waals surface area (Å²) >= 11 is 0. The zero-order chi connectivity index (χ0) is 21.1. The van der Waals surface area contributed by atoms with Crippen LogP contribution in [0.3, 0.4) is 0 Å². The molecule has 0 fully saturated rings. The Balaban J connectivity index is 1.69. The third kappa shape index (κ3) is 4.46. The van der Waals surface area contributed by atoms with Crippen LogP contribution >= 0.6 is 0 Å². The third-order valence-electron chi connectivity index (χ3n) is 5.41. The van der Waals surface area contributed by atoms with Gasteiger partial charge >= 0.3 is 5.97 Å². The van der Waals surface area contributed by atoms with Crippen LogP contribution in [-0.4, -0.2) is 46.0 Å². The molecular formula is C23H25N3O4. The summed E-state index contributed by atoms with van der Waals surface area (Å²) in [6.07, 6.45) is 2.48. The van der Waals surface area contributed by atoms with Crippen molar-refractivity contribution in [2.45, 2.75) is 32.4 Å². The molecule has 0 unspecified atom stereocenters. The number of hydrogen-bond donors (Lipinski definition) is 3. The number of aliphatic carboxylic acids is 1. The van der Waals surface area contributed by atoms with Gasteiger partial charge in [0.1, 0.15) is 11.5 Å². The average molecular weight is 407 g/mol. The second-order valence-electron chi connectivity index (χ2n) is 7.59. The first-order valence-corrected chi connectivity index (χ1v) is 10.1. The van der Waals surface area contributed by atoms with E-state index < -0.39 is 12.0 Å². The largest absolute Gasteiger partial charge is 0.481 e. The fourth-order valence-electron chi connectivity index (χ4n) is 3.73. The topological polar surface area (TPSA) is 94.7 Å². The van der Waals surface area contributed by atoms with Gasteiger partial charge in [0, 0.05) is 36.7 Å². The van der Waals surface area contributed by atoms with Gasteiger partial charge < -0.3 is 25.0 Å². The number of carboxylic acid groups (broad SMARTS) is 1. The van der Waals surface area contributed by atoms with Gasteiger partial charge in [-0.2, -0.15) is 0 Å². The zero-order valence-corrected chi connectivity index (χ0v) is 16.9. The summed E-state index contributed by atoms with van der Waals surface area (Å²) in [4.78, 5) is 29.0. The predicted octanol–water partition coefficient (Wildman–Crippen LogP) is 3.30. The van der Waals surface area contributed by atoms with Crippen molar-refractivity contribution in [2.75, 3.05) is 13.1 Å². The van der Waals surface area contributed by atoms with Crippen LogP contribution < -0.4 is 10.1 Å². The van der Waals surface area contributed by atoms with Crippen molar-refractivity contribution in [3.05, 3.63) is 59.8 Å². The lowest BCUT2D eigenvalue weighted by atomic mass is 10.1. The van der Waals surface area contributed by atoms with Crippen molar-refractivity contribution in [1.82, 2.24) is 15.2 Å². The Morgan fingerprint density at radius 2 is 2.07 bits per heavy atom. The Hall–Kier alpha value is -3.32. The zero-order valence-electron chi connectivity index (χ0n) is 16.9. The molecule has 156 valence electrons. The van der Waals surface area contributed by atoms with Gasteiger partial charge in [-0.05, 0) is 54.8 Å². The van der Waals surface area contributed by atoms with Gasteiger partial charge in [-0.15, -0.1) is 0 Å². The molecule has 2 heterocycles. The Kier molecular flexibility index (Phi) is 5.72. The van der Waals surface area contributed by atoms with Crippen molar-refractivity contribution in [3.8, 4) is 11.5 Å². The van der Waals surface area contributed by atoms with Crippen LogP contribution in [0.4, 0.5) is 0 Å². The molecule has 1 aliphatic heterocycles. The standard InChI is InChI=1S/C23H25N3O4/c1-15-23(29)26(10-8-22(27)28)9-7-17-14-25-21-6-5-19(12-20(17)21)30-18-4-2-3-16(11-18)13-24-15/h2-6,11-12,14-15,24-25H,7-10,13H2,1H3,(H,27,28)/t15-/m0/s1. The molecule has 2 aromatic carbocycles. The first-order chi connectivity index (χ1) is 14.5. The van der Waals surface area contributed by atoms with Crippen LogP contribution in [0.15, 0.2) is 48.7 Å². The Bertz CT molecular complexity index is 1080. The summed E-state index contributed by atoms with van der Waals surface area (Å²) in [5.41, 5.74) is 3.06. The number of ether oxygens (including phenoxy) is 1. The maximum Gasteiger partial charge on any atom is 0.305 e. The molecule has 1 amide bonds. The smallest absolute Gasteiger partial charge is 0.305 e. The Morgan fingerprint density at radius 3 is 2.90 bits per heavy atom. The number of carbonyl (C=O) groups is 2. The maximum absolute atomic E-state index is 13.0. The molecule has 3 aromatic rings. The summed E-state index contributed by atoms with van der Waals surface area (Å²) in [6, 6.07) is 13.2. The van der Waals surface area contributed by atoms with E-state index in [4.69, 9.17) is 9.84 Å². The van der Waals surface area contributed by atoms with E-state index in [0.29, 0.717) is 19.5 Å². The highest BCUT2D eigenvalue weighted by Crippen LogP contribution is 2.28. The molecule has 1 atom stereocenters. The first-order valence-electron chi connectivity index (χ1n) is 10.1. The maximum atomic E-state index is 13.0. The van der Waals surface area contributed by atoms with Crippen molar-refractivity contribution >= 4 is 22.8 Å². The summed E-state index contributed by atoms with van der Waals surface area (Å²) in [5, 5.41) is 13.4. The van der Waals surface area contributed by atoms with Crippen molar-refractivity contribution in [2.24, 2.45) is 0 Å². The van der Waals surface area contributed by atoms with Crippen LogP contribution in [0, 0.1) is 0 Å². The highest BCUT2D eigenvalue weighted by atomic mass is 16.5. The van der Waals surface area contributed by atoms with Gasteiger partial charge in [-0.1, -0.05) is 12.1 Å². The van der Waals surface area contributed by atoms with E-state index in [2.05, 4.69) is 10.3 Å². The number of aromatic amines is 1. The normalized spacial score (nSPS) is 17.4. The van der Waals surface area contributed by atoms with Gasteiger partial charge in [0.15, 0.2) is 0 Å². The van der Waals surface area contributed by atoms with Gasteiger partial charge in [0.05, 0.1) is 12.5 Å². The predicted molar refractivity (Wildman–Crippen MR) is 114 cm³/mol. The number of H-pyrrole nitrogens is 1. The second-order valence-corrected chi connectivity index (χ2v) is 7.59. The van der Waals surface area contributed by atoms with Gasteiger partial charge in [-0.3, -0.25) is 9.59 Å². The van der Waals surface area contributed by atoms with Crippen LogP contribution in [0.5, 0.6) is 11.5 Å². The van der Waals surface area contributed by atoms with Gasteiger partial charge in [0.25, 0.3) is 0 Å². The number of benzene rings is 2. The van der Waals surface area contributed by atoms with Crippen molar-refractivity contribution in [3.63, 3.8) is 0 Å². The number of amides is 1. The van der Waals surface area contributed by atoms with Crippen LogP contribution in [-0.2, 0) is 22.6 Å². The van der Waals surface area contributed by atoms with Crippen molar-refractivity contribution in [1.29, 1.82) is 0 Å². The molecule has 3 N–H and O–H groups in total. The van der Waals surface area contributed by atoms with Crippen LogP contribution in [0.25, 0.3) is 10.9 Å². The van der Waals surface area contributed by atoms with Crippen LogP contribution in [0.2, 0.25) is 0 Å². The molecule has 0 radical (unpaired) electrons. The molecule has 0 aliphatic carbocycles. The van der Waals surface area contributed by atoms with Crippen molar-refractivity contribution < 1.29 is 19.4 Å². The minimum absolute atomic E-state index is 0.0770. The number of carbonyl (C=O) groups excluding carboxylic acids is 1. The summed E-state index contributed by atoms with van der Waals surface area (Å²) < 4.78 is 6.07. The minimum Gasteiger partial charge on any atom is -0.481 e. The monoisotopic (exact) mass is 407 g/mol. The minimum atomic E-state index is -0.912. The van der Waals surface area contributed by atoms with Crippen LogP contribution in [0.1, 0.15) is 24.5 Å². The average Bonchev–Trinajstić information content (AvgIpc) is 3.13. The first kappa shape index (κ1) is 20.0. The van der Waals surface area contributed by atoms with E-state index in [1.807, 2.05) is 55.6 Å². The van der Waals surface area contributed by atoms with Gasteiger partial charge in [0.2, 0.25) is 5.91 Å². The molecule has 4 rings (SSSR count). The lowest BCUT2D eigenvalue weighted by Gasteiger charge is -2.26. The highest BCUT2D eigenvalue weighted by Gasteiger charge is 2.21. The number of aromatic nitrogens is 1. The van der Waals surface area contributed by atoms with E-state index in [1.165, 1.54) is 0 Å². The number of rotatable bonds is 3. The number of hydrogen-bond acceptors (Lipinski definition) is 4. The molecule has 0 saturated heterocycles. The highest BCUT2D eigenvalue weighted by molar-refractivity contribution is 5.85. The quantitative estimate of drug-likeness (QED) is 0.619. The molecule has 4 bridgehead atoms. The summed E-state index contributed by atoms with van der Waals surface area (Å²) in [5.74, 6) is 0.474. The SMILES string of the molecule is C[C@@H]1NCc2cccc(c2)Oc2ccc3[nH]cc(c3c2)CCN(CCC(=O)O)C1=O. The molecule has 0 saturated carbocycles.